The molecule has 1 N–H and O–H groups in total. The summed E-state index contributed by atoms with van der Waals surface area (Å²) in [5.74, 6) is 1.19. The van der Waals surface area contributed by atoms with Crippen LogP contribution in [-0.4, -0.2) is 28.2 Å². The highest BCUT2D eigenvalue weighted by atomic mass is 16.5. The highest BCUT2D eigenvalue weighted by Gasteiger charge is 2.34. The maximum atomic E-state index is 11.4. The molecule has 2 atom stereocenters. The van der Waals surface area contributed by atoms with Crippen molar-refractivity contribution in [2.75, 3.05) is 7.11 Å². The van der Waals surface area contributed by atoms with Crippen LogP contribution in [0.5, 0.6) is 11.6 Å². The van der Waals surface area contributed by atoms with Gasteiger partial charge in [0, 0.05) is 5.56 Å². The summed E-state index contributed by atoms with van der Waals surface area (Å²) in [6.07, 6.45) is 7.54. The number of aliphatic carboxylic acids is 1. The number of carbonyl (C=O) groups is 1. The van der Waals surface area contributed by atoms with Gasteiger partial charge in [-0.3, -0.25) is 9.78 Å². The lowest BCUT2D eigenvalue weighted by atomic mass is 9.88. The average Bonchev–Trinajstić information content (AvgIpc) is 3.67. The average molecular weight is 431 g/mol. The van der Waals surface area contributed by atoms with Gasteiger partial charge in [-0.15, -0.1) is 0 Å². The molecular formula is C26H26N2O4. The Labute approximate surface area is 187 Å². The molecule has 1 fully saturated rings. The zero-order chi connectivity index (χ0) is 22.1. The Morgan fingerprint density at radius 3 is 2.69 bits per heavy atom. The van der Waals surface area contributed by atoms with Crippen molar-refractivity contribution in [3.8, 4) is 22.9 Å². The monoisotopic (exact) mass is 430 g/mol. The van der Waals surface area contributed by atoms with Crippen molar-refractivity contribution >= 4 is 5.97 Å². The van der Waals surface area contributed by atoms with Crippen LogP contribution in [0.4, 0.5) is 0 Å². The molecule has 0 bridgehead atoms. The van der Waals surface area contributed by atoms with Crippen LogP contribution in [0, 0.1) is 5.92 Å². The molecule has 2 heterocycles. The van der Waals surface area contributed by atoms with Crippen molar-refractivity contribution in [1.29, 1.82) is 0 Å². The van der Waals surface area contributed by atoms with Crippen molar-refractivity contribution in [3.05, 3.63) is 71.5 Å². The Bertz CT molecular complexity index is 1120. The Balaban J connectivity index is 1.35. The Hall–Kier alpha value is -3.41. The number of carboxylic acid groups (broad SMARTS) is 1. The quantitative estimate of drug-likeness (QED) is 0.556. The smallest absolute Gasteiger partial charge is 0.303 e. The lowest BCUT2D eigenvalue weighted by Gasteiger charge is -2.28. The van der Waals surface area contributed by atoms with Crippen molar-refractivity contribution in [2.45, 2.75) is 44.1 Å². The maximum absolute atomic E-state index is 11.4. The van der Waals surface area contributed by atoms with Gasteiger partial charge in [0.15, 0.2) is 0 Å². The molecule has 1 aliphatic heterocycles. The third-order valence-electron chi connectivity index (χ3n) is 6.45. The van der Waals surface area contributed by atoms with Gasteiger partial charge in [0.25, 0.3) is 0 Å². The van der Waals surface area contributed by atoms with Crippen molar-refractivity contribution in [3.63, 3.8) is 0 Å². The summed E-state index contributed by atoms with van der Waals surface area (Å²) in [4.78, 5) is 20.0. The number of hydrogen-bond acceptors (Lipinski definition) is 5. The molecule has 164 valence electrons. The van der Waals surface area contributed by atoms with E-state index in [0.717, 1.165) is 53.8 Å². The van der Waals surface area contributed by atoms with Crippen molar-refractivity contribution < 1.29 is 19.4 Å². The highest BCUT2D eigenvalue weighted by Crippen LogP contribution is 2.46. The van der Waals surface area contributed by atoms with Gasteiger partial charge in [0.05, 0.1) is 31.6 Å². The molecule has 3 aromatic rings. The number of fused-ring (bicyclic) bond motifs is 1. The van der Waals surface area contributed by atoms with E-state index in [1.807, 2.05) is 12.1 Å². The van der Waals surface area contributed by atoms with Gasteiger partial charge in [-0.05, 0) is 60.3 Å². The van der Waals surface area contributed by atoms with Gasteiger partial charge in [0.2, 0.25) is 5.88 Å². The van der Waals surface area contributed by atoms with Gasteiger partial charge < -0.3 is 14.6 Å². The van der Waals surface area contributed by atoms with Gasteiger partial charge in [-0.2, -0.15) is 0 Å². The van der Waals surface area contributed by atoms with Crippen LogP contribution in [0.15, 0.2) is 54.9 Å². The summed E-state index contributed by atoms with van der Waals surface area (Å²) in [5, 5.41) is 9.34. The summed E-state index contributed by atoms with van der Waals surface area (Å²) < 4.78 is 11.6. The predicted molar refractivity (Wildman–Crippen MR) is 120 cm³/mol. The van der Waals surface area contributed by atoms with Crippen LogP contribution in [0.1, 0.15) is 54.4 Å². The second-order valence-electron chi connectivity index (χ2n) is 8.62. The molecule has 0 saturated heterocycles. The first-order chi connectivity index (χ1) is 15.6. The zero-order valence-electron chi connectivity index (χ0n) is 18.0. The lowest BCUT2D eigenvalue weighted by Crippen LogP contribution is -2.16. The molecule has 2 aliphatic rings. The van der Waals surface area contributed by atoms with Crippen LogP contribution in [0.3, 0.4) is 0 Å². The Morgan fingerprint density at radius 2 is 1.97 bits per heavy atom. The first-order valence-corrected chi connectivity index (χ1v) is 11.1. The van der Waals surface area contributed by atoms with Gasteiger partial charge in [-0.1, -0.05) is 36.4 Å². The first kappa shape index (κ1) is 20.5. The van der Waals surface area contributed by atoms with Gasteiger partial charge in [0.1, 0.15) is 11.9 Å². The molecule has 0 amide bonds. The normalized spacial score (nSPS) is 18.3. The molecule has 1 aliphatic carbocycles. The number of methoxy groups -OCH3 is 1. The minimum absolute atomic E-state index is 0.0259. The molecule has 6 heteroatoms. The SMILES string of the molecule is COc1cncc(-c2ccc(C3CCc4ccc([C@@H](CC(=O)O)C5CC5)cc4O3)cc2)n1. The number of ether oxygens (including phenoxy) is 2. The van der Waals surface area contributed by atoms with E-state index in [-0.39, 0.29) is 18.4 Å². The van der Waals surface area contributed by atoms with E-state index in [4.69, 9.17) is 9.47 Å². The zero-order valence-corrected chi connectivity index (χ0v) is 18.0. The van der Waals surface area contributed by atoms with E-state index < -0.39 is 5.97 Å². The number of hydrogen-bond donors (Lipinski definition) is 1. The molecule has 1 aromatic heterocycles. The van der Waals surface area contributed by atoms with Crippen LogP contribution >= 0.6 is 0 Å². The molecule has 0 radical (unpaired) electrons. The minimum atomic E-state index is -0.737. The standard InChI is InChI=1S/C26H26N2O4/c1-31-25-15-27-14-22(28-25)17-4-6-18(7-5-17)23-11-10-19-8-9-20(12-24(19)32-23)21(13-26(29)30)16-2-3-16/h4-9,12,14-16,21,23H,2-3,10-11,13H2,1H3,(H,29,30)/t21-,23?/m0/s1. The van der Waals surface area contributed by atoms with E-state index >= 15 is 0 Å². The molecule has 6 nitrogen and oxygen atoms in total. The Kier molecular flexibility index (Phi) is 5.52. The van der Waals surface area contributed by atoms with Crippen LogP contribution in [0.25, 0.3) is 11.3 Å². The van der Waals surface area contributed by atoms with Gasteiger partial charge in [-0.25, -0.2) is 4.98 Å². The van der Waals surface area contributed by atoms with Crippen LogP contribution in [0.2, 0.25) is 0 Å². The molecule has 32 heavy (non-hydrogen) atoms. The van der Waals surface area contributed by atoms with Crippen LogP contribution < -0.4 is 9.47 Å². The molecule has 1 saturated carbocycles. The number of rotatable bonds is 7. The van der Waals surface area contributed by atoms with E-state index in [0.29, 0.717) is 11.8 Å². The van der Waals surface area contributed by atoms with E-state index in [1.165, 1.54) is 5.56 Å². The topological polar surface area (TPSA) is 81.5 Å². The third kappa shape index (κ3) is 4.31. The largest absolute Gasteiger partial charge is 0.485 e. The van der Waals surface area contributed by atoms with Gasteiger partial charge >= 0.3 is 5.97 Å². The number of nitrogens with zero attached hydrogens (tertiary/aromatic N) is 2. The van der Waals surface area contributed by atoms with Crippen LogP contribution in [-0.2, 0) is 11.2 Å². The molecule has 1 unspecified atom stereocenters. The van der Waals surface area contributed by atoms with Crippen molar-refractivity contribution in [1.82, 2.24) is 9.97 Å². The van der Waals surface area contributed by atoms with E-state index in [9.17, 15) is 9.90 Å². The predicted octanol–water partition coefficient (Wildman–Crippen LogP) is 5.19. The molecule has 2 aromatic carbocycles. The number of carboxylic acids is 1. The number of aromatic nitrogens is 2. The second-order valence-corrected chi connectivity index (χ2v) is 8.62. The minimum Gasteiger partial charge on any atom is -0.485 e. The third-order valence-corrected chi connectivity index (χ3v) is 6.45. The first-order valence-electron chi connectivity index (χ1n) is 11.1. The number of aryl methyl sites for hydroxylation is 1. The highest BCUT2D eigenvalue weighted by molar-refractivity contribution is 5.68. The second kappa shape index (κ2) is 8.61. The summed E-state index contributed by atoms with van der Waals surface area (Å²) >= 11 is 0. The summed E-state index contributed by atoms with van der Waals surface area (Å²) in [6.45, 7) is 0. The molecule has 5 rings (SSSR count). The summed E-state index contributed by atoms with van der Waals surface area (Å²) in [5.41, 5.74) is 5.13. The lowest BCUT2D eigenvalue weighted by molar-refractivity contribution is -0.137. The van der Waals surface area contributed by atoms with Crippen molar-refractivity contribution in [2.24, 2.45) is 5.92 Å². The summed E-state index contributed by atoms with van der Waals surface area (Å²) in [6, 6.07) is 14.5. The van der Waals surface area contributed by atoms with E-state index in [1.54, 1.807) is 19.5 Å². The fraction of sp³-hybridized carbons (Fsp3) is 0.346. The maximum Gasteiger partial charge on any atom is 0.303 e. The Morgan fingerprint density at radius 1 is 1.16 bits per heavy atom. The molecular weight excluding hydrogens is 404 g/mol. The molecule has 0 spiro atoms. The fourth-order valence-corrected chi connectivity index (χ4v) is 4.55. The number of benzene rings is 2. The summed E-state index contributed by atoms with van der Waals surface area (Å²) in [7, 11) is 1.58. The van der Waals surface area contributed by atoms with E-state index in [2.05, 4.69) is 40.3 Å². The fourth-order valence-electron chi connectivity index (χ4n) is 4.55.